The van der Waals surface area contributed by atoms with Gasteiger partial charge in [-0.25, -0.2) is 0 Å². The van der Waals surface area contributed by atoms with E-state index in [0.29, 0.717) is 12.5 Å². The summed E-state index contributed by atoms with van der Waals surface area (Å²) in [5.74, 6) is 0.276. The van der Waals surface area contributed by atoms with Crippen LogP contribution >= 0.6 is 15.9 Å². The van der Waals surface area contributed by atoms with Crippen molar-refractivity contribution >= 4 is 15.9 Å². The molecule has 0 saturated heterocycles. The minimum Gasteiger partial charge on any atom is -0.613 e. The Morgan fingerprint density at radius 2 is 2.12 bits per heavy atom. The van der Waals surface area contributed by atoms with Crippen molar-refractivity contribution in [2.75, 3.05) is 11.9 Å². The molecule has 0 N–H and O–H groups in total. The first-order chi connectivity index (χ1) is 7.56. The molecule has 0 aromatic carbocycles. The van der Waals surface area contributed by atoms with Gasteiger partial charge >= 0.3 is 51.4 Å². The van der Waals surface area contributed by atoms with Crippen molar-refractivity contribution in [1.82, 2.24) is 0 Å². The molecule has 0 spiro atoms. The molecule has 0 radical (unpaired) electrons. The molecule has 1 rings (SSSR count). The van der Waals surface area contributed by atoms with Gasteiger partial charge in [0.1, 0.15) is 0 Å². The minimum absolute atomic E-state index is 0. The molecule has 0 fully saturated rings. The Kier molecular flexibility index (Phi) is 9.80. The van der Waals surface area contributed by atoms with E-state index in [4.69, 9.17) is 4.74 Å². The molecule has 1 aliphatic heterocycles. The summed E-state index contributed by atoms with van der Waals surface area (Å²) in [7, 11) is 0. The molecule has 0 aromatic rings. The van der Waals surface area contributed by atoms with Crippen molar-refractivity contribution in [2.45, 2.75) is 40.0 Å². The fraction of sp³-hybridized carbons (Fsp3) is 0.692. The van der Waals surface area contributed by atoms with Crippen molar-refractivity contribution in [3.8, 4) is 0 Å². The van der Waals surface area contributed by atoms with Crippen molar-refractivity contribution in [2.24, 2.45) is 5.92 Å². The van der Waals surface area contributed by atoms with Gasteiger partial charge in [-0.15, -0.1) is 0 Å². The van der Waals surface area contributed by atoms with Crippen LogP contribution in [0.4, 0.5) is 0 Å². The Morgan fingerprint density at radius 3 is 2.59 bits per heavy atom. The van der Waals surface area contributed by atoms with E-state index in [9.17, 15) is 5.11 Å². The molecule has 1 heterocycles. The number of hydrogen-bond acceptors (Lipinski definition) is 2. The third-order valence-electron chi connectivity index (χ3n) is 3.15. The monoisotopic (exact) mass is 326 g/mol. The van der Waals surface area contributed by atoms with Crippen LogP contribution in [0.15, 0.2) is 22.7 Å². The SMILES string of the molecule is CC(C)=C(CCBr)CC1=C([O-])OCC[C@H]1C.[K+]. The van der Waals surface area contributed by atoms with E-state index >= 15 is 0 Å². The van der Waals surface area contributed by atoms with E-state index < -0.39 is 0 Å². The molecule has 0 aliphatic carbocycles. The zero-order valence-electron chi connectivity index (χ0n) is 11.3. The van der Waals surface area contributed by atoms with Crippen LogP contribution in [0.3, 0.4) is 0 Å². The summed E-state index contributed by atoms with van der Waals surface area (Å²) in [6.45, 7) is 6.91. The Balaban J connectivity index is 0.00000256. The predicted molar refractivity (Wildman–Crippen MR) is 68.2 cm³/mol. The zero-order chi connectivity index (χ0) is 12.1. The summed E-state index contributed by atoms with van der Waals surface area (Å²) in [6, 6.07) is 0. The van der Waals surface area contributed by atoms with Gasteiger partial charge in [-0.3, -0.25) is 0 Å². The molecule has 92 valence electrons. The predicted octanol–water partition coefficient (Wildman–Crippen LogP) is 0.130. The van der Waals surface area contributed by atoms with Crippen LogP contribution in [0.5, 0.6) is 0 Å². The second-order valence-corrected chi connectivity index (χ2v) is 5.36. The van der Waals surface area contributed by atoms with Crippen LogP contribution in [0.2, 0.25) is 0 Å². The van der Waals surface area contributed by atoms with Gasteiger partial charge in [-0.2, -0.15) is 0 Å². The third-order valence-corrected chi connectivity index (χ3v) is 3.54. The maximum Gasteiger partial charge on any atom is 1.00 e. The van der Waals surface area contributed by atoms with E-state index in [-0.39, 0.29) is 57.3 Å². The molecule has 0 bridgehead atoms. The van der Waals surface area contributed by atoms with Gasteiger partial charge in [0.05, 0.1) is 5.95 Å². The average molecular weight is 327 g/mol. The van der Waals surface area contributed by atoms with E-state index in [1.54, 1.807) is 0 Å². The smallest absolute Gasteiger partial charge is 0.613 e. The number of allylic oxidation sites excluding steroid dienone is 3. The normalized spacial score (nSPS) is 19.4. The van der Waals surface area contributed by atoms with E-state index in [2.05, 4.69) is 36.7 Å². The summed E-state index contributed by atoms with van der Waals surface area (Å²) in [5, 5.41) is 12.6. The van der Waals surface area contributed by atoms with Gasteiger partial charge in [-0.1, -0.05) is 34.0 Å². The van der Waals surface area contributed by atoms with Crippen LogP contribution in [-0.2, 0) is 4.74 Å². The molecule has 2 nitrogen and oxygen atoms in total. The maximum absolute atomic E-state index is 11.7. The molecule has 0 saturated carbocycles. The summed E-state index contributed by atoms with van der Waals surface area (Å²) in [5.41, 5.74) is 3.62. The molecule has 17 heavy (non-hydrogen) atoms. The van der Waals surface area contributed by atoms with Crippen LogP contribution in [0.25, 0.3) is 0 Å². The Hall–Kier alpha value is 1.20. The van der Waals surface area contributed by atoms with Crippen LogP contribution in [-0.4, -0.2) is 11.9 Å². The Bertz CT molecular complexity index is 307. The molecule has 1 aliphatic rings. The first-order valence-electron chi connectivity index (χ1n) is 5.80. The summed E-state index contributed by atoms with van der Waals surface area (Å²) < 4.78 is 5.11. The average Bonchev–Trinajstić information content (AvgIpc) is 2.21. The molecular formula is C13H20BrKO2. The van der Waals surface area contributed by atoms with Crippen LogP contribution < -0.4 is 56.5 Å². The standard InChI is InChI=1S/C13H21BrO2.K/c1-9(2)11(4-6-14)8-12-10(3)5-7-16-13(12)15;/h10,15H,4-8H2,1-3H3;/q;+1/p-1/t10-;/m1./s1. The van der Waals surface area contributed by atoms with E-state index in [1.165, 1.54) is 11.1 Å². The zero-order valence-corrected chi connectivity index (χ0v) is 16.0. The van der Waals surface area contributed by atoms with Gasteiger partial charge < -0.3 is 9.84 Å². The number of rotatable bonds is 4. The first-order valence-corrected chi connectivity index (χ1v) is 6.92. The number of hydrogen-bond donors (Lipinski definition) is 0. The topological polar surface area (TPSA) is 32.3 Å². The van der Waals surface area contributed by atoms with Gasteiger partial charge in [0.2, 0.25) is 0 Å². The molecule has 1 atom stereocenters. The molecular weight excluding hydrogens is 307 g/mol. The van der Waals surface area contributed by atoms with E-state index in [0.717, 1.165) is 30.2 Å². The third kappa shape index (κ3) is 5.79. The minimum atomic E-state index is -0.0907. The van der Waals surface area contributed by atoms with Crippen molar-refractivity contribution < 1.29 is 61.2 Å². The Labute approximate surface area is 155 Å². The summed E-state index contributed by atoms with van der Waals surface area (Å²) in [6.07, 6.45) is 2.76. The van der Waals surface area contributed by atoms with Gasteiger partial charge in [0.25, 0.3) is 0 Å². The van der Waals surface area contributed by atoms with Gasteiger partial charge in [-0.05, 0) is 51.2 Å². The van der Waals surface area contributed by atoms with Crippen LogP contribution in [0, 0.1) is 5.92 Å². The second kappa shape index (κ2) is 9.16. The Morgan fingerprint density at radius 1 is 1.47 bits per heavy atom. The van der Waals surface area contributed by atoms with Crippen molar-refractivity contribution in [3.63, 3.8) is 0 Å². The maximum atomic E-state index is 11.7. The quantitative estimate of drug-likeness (QED) is 0.418. The summed E-state index contributed by atoms with van der Waals surface area (Å²) >= 11 is 3.45. The van der Waals surface area contributed by atoms with Gasteiger partial charge in [0.15, 0.2) is 0 Å². The summed E-state index contributed by atoms with van der Waals surface area (Å²) in [4.78, 5) is 0. The van der Waals surface area contributed by atoms with Gasteiger partial charge in [0, 0.05) is 5.33 Å². The van der Waals surface area contributed by atoms with Crippen molar-refractivity contribution in [3.05, 3.63) is 22.7 Å². The second-order valence-electron chi connectivity index (χ2n) is 4.57. The fourth-order valence-corrected chi connectivity index (χ4v) is 2.38. The van der Waals surface area contributed by atoms with Crippen molar-refractivity contribution in [1.29, 1.82) is 0 Å². The largest absolute Gasteiger partial charge is 1.00 e. The van der Waals surface area contributed by atoms with Crippen LogP contribution in [0.1, 0.15) is 40.0 Å². The number of ether oxygens (including phenoxy) is 1. The van der Waals surface area contributed by atoms with E-state index in [1.807, 2.05) is 0 Å². The molecule has 0 amide bonds. The first kappa shape index (κ1) is 18.2. The number of halogens is 1. The molecule has 0 aromatic heterocycles. The number of alkyl halides is 1. The molecule has 4 heteroatoms. The fourth-order valence-electron chi connectivity index (χ4n) is 1.90. The molecule has 0 unspecified atom stereocenters.